The lowest BCUT2D eigenvalue weighted by molar-refractivity contribution is 0.0697. The number of methoxy groups -OCH3 is 1. The number of ether oxygens (including phenoxy) is 2. The SMILES string of the molecule is COc1cc(CNc2cc(C(=O)O)ccc2Cl)ccc1OCc1ccc(Cl)c(Cl)c1. The van der Waals surface area contributed by atoms with E-state index in [4.69, 9.17) is 49.4 Å². The monoisotopic (exact) mass is 465 g/mol. The molecule has 3 aromatic carbocycles. The standard InChI is InChI=1S/C22H18Cl3NO4/c1-29-21-9-13(11-26-19-10-15(22(27)28)4-6-17(19)24)3-7-20(21)30-12-14-2-5-16(23)18(25)8-14/h2-10,26H,11-12H2,1H3,(H,27,28). The Morgan fingerprint density at radius 1 is 0.900 bits per heavy atom. The van der Waals surface area contributed by atoms with Gasteiger partial charge in [0, 0.05) is 6.54 Å². The summed E-state index contributed by atoms with van der Waals surface area (Å²) < 4.78 is 11.3. The fourth-order valence-corrected chi connectivity index (χ4v) is 3.23. The van der Waals surface area contributed by atoms with Gasteiger partial charge < -0.3 is 19.9 Å². The first-order valence-electron chi connectivity index (χ1n) is 8.87. The number of hydrogen-bond acceptors (Lipinski definition) is 4. The molecule has 0 heterocycles. The van der Waals surface area contributed by atoms with Crippen molar-refractivity contribution in [3.8, 4) is 11.5 Å². The highest BCUT2D eigenvalue weighted by atomic mass is 35.5. The first-order valence-corrected chi connectivity index (χ1v) is 10.0. The van der Waals surface area contributed by atoms with Gasteiger partial charge in [0.05, 0.1) is 33.4 Å². The van der Waals surface area contributed by atoms with Crippen LogP contribution in [0.1, 0.15) is 21.5 Å². The first kappa shape index (κ1) is 22.1. The quantitative estimate of drug-likeness (QED) is 0.394. The summed E-state index contributed by atoms with van der Waals surface area (Å²) in [4.78, 5) is 11.1. The molecule has 0 saturated carbocycles. The topological polar surface area (TPSA) is 67.8 Å². The highest BCUT2D eigenvalue weighted by Crippen LogP contribution is 2.31. The average molecular weight is 467 g/mol. The molecule has 3 aromatic rings. The minimum atomic E-state index is -1.01. The van der Waals surface area contributed by atoms with E-state index in [-0.39, 0.29) is 5.56 Å². The van der Waals surface area contributed by atoms with Crippen molar-refractivity contribution in [3.63, 3.8) is 0 Å². The maximum Gasteiger partial charge on any atom is 0.335 e. The minimum Gasteiger partial charge on any atom is -0.493 e. The second-order valence-electron chi connectivity index (χ2n) is 6.38. The van der Waals surface area contributed by atoms with Crippen LogP contribution in [0.15, 0.2) is 54.6 Å². The Hall–Kier alpha value is -2.60. The summed E-state index contributed by atoms with van der Waals surface area (Å²) in [5.74, 6) is 0.137. The molecule has 0 spiro atoms. The number of halogens is 3. The Labute approximate surface area is 189 Å². The molecule has 8 heteroatoms. The Balaban J connectivity index is 1.69. The van der Waals surface area contributed by atoms with Crippen molar-refractivity contribution < 1.29 is 19.4 Å². The molecule has 30 heavy (non-hydrogen) atoms. The van der Waals surface area contributed by atoms with E-state index >= 15 is 0 Å². The van der Waals surface area contributed by atoms with Crippen molar-refractivity contribution in [2.45, 2.75) is 13.2 Å². The lowest BCUT2D eigenvalue weighted by Crippen LogP contribution is -2.04. The zero-order valence-electron chi connectivity index (χ0n) is 15.9. The maximum atomic E-state index is 11.1. The summed E-state index contributed by atoms with van der Waals surface area (Å²) in [6.07, 6.45) is 0. The third-order valence-electron chi connectivity index (χ3n) is 4.30. The number of rotatable bonds is 8. The fourth-order valence-electron chi connectivity index (χ4n) is 2.72. The second-order valence-corrected chi connectivity index (χ2v) is 7.60. The summed E-state index contributed by atoms with van der Waals surface area (Å²) in [6.45, 7) is 0.731. The van der Waals surface area contributed by atoms with Crippen LogP contribution in [0.25, 0.3) is 0 Å². The van der Waals surface area contributed by atoms with E-state index in [2.05, 4.69) is 5.32 Å². The number of benzene rings is 3. The molecule has 0 saturated heterocycles. The van der Waals surface area contributed by atoms with Crippen LogP contribution in [0, 0.1) is 0 Å². The largest absolute Gasteiger partial charge is 0.493 e. The van der Waals surface area contributed by atoms with Crippen molar-refractivity contribution in [2.24, 2.45) is 0 Å². The van der Waals surface area contributed by atoms with E-state index in [1.54, 1.807) is 25.3 Å². The number of carbonyl (C=O) groups is 1. The van der Waals surface area contributed by atoms with Crippen LogP contribution in [-0.4, -0.2) is 18.2 Å². The third-order valence-corrected chi connectivity index (χ3v) is 5.37. The van der Waals surface area contributed by atoms with Gasteiger partial charge in [-0.25, -0.2) is 4.79 Å². The van der Waals surface area contributed by atoms with E-state index in [0.717, 1.165) is 11.1 Å². The third kappa shape index (κ3) is 5.51. The molecule has 0 radical (unpaired) electrons. The van der Waals surface area contributed by atoms with Crippen LogP contribution < -0.4 is 14.8 Å². The average Bonchev–Trinajstić information content (AvgIpc) is 2.74. The summed E-state index contributed by atoms with van der Waals surface area (Å²) in [7, 11) is 1.56. The molecule has 0 aliphatic carbocycles. The first-order chi connectivity index (χ1) is 14.4. The molecule has 5 nitrogen and oxygen atoms in total. The highest BCUT2D eigenvalue weighted by molar-refractivity contribution is 6.42. The van der Waals surface area contributed by atoms with Gasteiger partial charge in [0.1, 0.15) is 6.61 Å². The van der Waals surface area contributed by atoms with Gasteiger partial charge in [-0.15, -0.1) is 0 Å². The predicted octanol–water partition coefficient (Wildman–Crippen LogP) is 6.54. The van der Waals surface area contributed by atoms with Gasteiger partial charge in [-0.1, -0.05) is 46.9 Å². The van der Waals surface area contributed by atoms with Gasteiger partial charge in [-0.05, 0) is 53.6 Å². The normalized spacial score (nSPS) is 10.5. The molecular weight excluding hydrogens is 449 g/mol. The van der Waals surface area contributed by atoms with Crippen LogP contribution in [0.3, 0.4) is 0 Å². The van der Waals surface area contributed by atoms with E-state index < -0.39 is 5.97 Å². The Bertz CT molecular complexity index is 1070. The van der Waals surface area contributed by atoms with Crippen LogP contribution in [0.2, 0.25) is 15.1 Å². The highest BCUT2D eigenvalue weighted by Gasteiger charge is 2.10. The summed E-state index contributed by atoms with van der Waals surface area (Å²) in [5, 5.41) is 13.7. The molecule has 0 fully saturated rings. The van der Waals surface area contributed by atoms with Crippen molar-refractivity contribution >= 4 is 46.5 Å². The minimum absolute atomic E-state index is 0.158. The summed E-state index contributed by atoms with van der Waals surface area (Å²) in [5.41, 5.74) is 2.48. The fraction of sp³-hybridized carbons (Fsp3) is 0.136. The number of anilines is 1. The molecule has 3 rings (SSSR count). The van der Waals surface area contributed by atoms with E-state index in [0.29, 0.717) is 45.4 Å². The molecule has 0 unspecified atom stereocenters. The number of nitrogens with one attached hydrogen (secondary N) is 1. The Morgan fingerprint density at radius 3 is 2.33 bits per heavy atom. The Morgan fingerprint density at radius 2 is 1.63 bits per heavy atom. The van der Waals surface area contributed by atoms with E-state index in [1.165, 1.54) is 12.1 Å². The number of carboxylic acid groups (broad SMARTS) is 1. The van der Waals surface area contributed by atoms with Crippen LogP contribution in [0.5, 0.6) is 11.5 Å². The van der Waals surface area contributed by atoms with Crippen LogP contribution >= 0.6 is 34.8 Å². The molecule has 0 aromatic heterocycles. The number of aromatic carboxylic acids is 1. The zero-order chi connectivity index (χ0) is 21.7. The van der Waals surface area contributed by atoms with Gasteiger partial charge in [-0.3, -0.25) is 0 Å². The predicted molar refractivity (Wildman–Crippen MR) is 120 cm³/mol. The maximum absolute atomic E-state index is 11.1. The molecule has 0 atom stereocenters. The van der Waals surface area contributed by atoms with Gasteiger partial charge in [0.2, 0.25) is 0 Å². The molecule has 2 N–H and O–H groups in total. The van der Waals surface area contributed by atoms with E-state index in [1.807, 2.05) is 24.3 Å². The zero-order valence-corrected chi connectivity index (χ0v) is 18.2. The number of hydrogen-bond donors (Lipinski definition) is 2. The second kappa shape index (κ2) is 9.94. The van der Waals surface area contributed by atoms with Crippen LogP contribution in [-0.2, 0) is 13.2 Å². The molecule has 0 amide bonds. The van der Waals surface area contributed by atoms with Crippen molar-refractivity contribution in [1.82, 2.24) is 0 Å². The van der Waals surface area contributed by atoms with Crippen molar-refractivity contribution in [1.29, 1.82) is 0 Å². The van der Waals surface area contributed by atoms with Crippen LogP contribution in [0.4, 0.5) is 5.69 Å². The lowest BCUT2D eigenvalue weighted by Gasteiger charge is -2.14. The van der Waals surface area contributed by atoms with Gasteiger partial charge in [0.25, 0.3) is 0 Å². The van der Waals surface area contributed by atoms with Gasteiger partial charge in [0.15, 0.2) is 11.5 Å². The number of carboxylic acids is 1. The molecule has 0 aliphatic heterocycles. The molecule has 156 valence electrons. The van der Waals surface area contributed by atoms with E-state index in [9.17, 15) is 4.79 Å². The Kier molecular flexibility index (Phi) is 7.32. The summed E-state index contributed by atoms with van der Waals surface area (Å²) >= 11 is 18.1. The smallest absolute Gasteiger partial charge is 0.335 e. The van der Waals surface area contributed by atoms with Crippen molar-refractivity contribution in [3.05, 3.63) is 86.4 Å². The molecule has 0 bridgehead atoms. The van der Waals surface area contributed by atoms with Crippen molar-refractivity contribution in [2.75, 3.05) is 12.4 Å². The van der Waals surface area contributed by atoms with Gasteiger partial charge in [-0.2, -0.15) is 0 Å². The molecule has 0 aliphatic rings. The summed E-state index contributed by atoms with van der Waals surface area (Å²) in [6, 6.07) is 15.4. The van der Waals surface area contributed by atoms with Gasteiger partial charge >= 0.3 is 5.97 Å². The molecular formula is C22H18Cl3NO4. The lowest BCUT2D eigenvalue weighted by atomic mass is 10.1.